The summed E-state index contributed by atoms with van der Waals surface area (Å²) >= 11 is 7.06. The topological polar surface area (TPSA) is 123 Å². The number of para-hydroxylation sites is 2. The van der Waals surface area contributed by atoms with Gasteiger partial charge in [0, 0.05) is 54.2 Å². The van der Waals surface area contributed by atoms with E-state index in [4.69, 9.17) is 0 Å². The molecular formula is C36H22Br2N6O4. The quantitative estimate of drug-likeness (QED) is 0.154. The average molecular weight is 762 g/mol. The fraction of sp³-hybridized carbons (Fsp3) is 0.0556. The Morgan fingerprint density at radius 2 is 0.875 bits per heavy atom. The van der Waals surface area contributed by atoms with Crippen molar-refractivity contribution in [1.82, 2.24) is 0 Å². The molecule has 4 aliphatic heterocycles. The zero-order valence-corrected chi connectivity index (χ0v) is 27.8. The third kappa shape index (κ3) is 3.72. The smallest absolute Gasteiger partial charge is 0.276 e. The lowest BCUT2D eigenvalue weighted by Crippen LogP contribution is -2.62. The summed E-state index contributed by atoms with van der Waals surface area (Å²) in [5.41, 5.74) is 1.75. The lowest BCUT2D eigenvalue weighted by atomic mass is 9.91. The highest BCUT2D eigenvalue weighted by Crippen LogP contribution is 2.50. The van der Waals surface area contributed by atoms with Crippen LogP contribution in [-0.2, 0) is 20.9 Å². The van der Waals surface area contributed by atoms with Gasteiger partial charge in [-0.15, -0.1) is 0 Å². The Balaban J connectivity index is 1.22. The van der Waals surface area contributed by atoms with Crippen LogP contribution in [0.2, 0.25) is 0 Å². The summed E-state index contributed by atoms with van der Waals surface area (Å²) in [6.07, 6.45) is 0. The molecule has 48 heavy (non-hydrogen) atoms. The summed E-state index contributed by atoms with van der Waals surface area (Å²) in [4.78, 5) is 59.6. The maximum Gasteiger partial charge on any atom is 0.276 e. The van der Waals surface area contributed by atoms with Crippen LogP contribution in [-0.4, -0.2) is 23.6 Å². The molecule has 5 aromatic rings. The predicted molar refractivity (Wildman–Crippen MR) is 189 cm³/mol. The Kier molecular flexibility index (Phi) is 6.00. The summed E-state index contributed by atoms with van der Waals surface area (Å²) in [5, 5.41) is 12.6. The number of rotatable bonds is 2. The van der Waals surface area contributed by atoms with Crippen LogP contribution >= 0.6 is 31.9 Å². The van der Waals surface area contributed by atoms with Crippen LogP contribution in [0.15, 0.2) is 118 Å². The Labute approximate surface area is 290 Å². The van der Waals surface area contributed by atoms with Crippen molar-refractivity contribution >= 4 is 89.6 Å². The molecule has 2 unspecified atom stereocenters. The highest BCUT2D eigenvalue weighted by Gasteiger charge is 2.59. The SMILES string of the molecule is O=C1c2ccccc2NC2(C(=O)Nc3ccc(Br)cc32)N1c1ccc(N2C(=O)c3ccccc3NC23C(=O)Nc2ccc(Br)cc23)cc1. The Bertz CT molecular complexity index is 2140. The molecule has 2 atom stereocenters. The monoisotopic (exact) mass is 760 g/mol. The van der Waals surface area contributed by atoms with Gasteiger partial charge < -0.3 is 21.3 Å². The molecule has 0 aromatic heterocycles. The first-order chi connectivity index (χ1) is 23.2. The second-order valence-corrected chi connectivity index (χ2v) is 13.7. The molecule has 4 heterocycles. The third-order valence-corrected chi connectivity index (χ3v) is 10.3. The standard InChI is InChI=1S/C36H22Br2N6O4/c37-19-9-15-29-25(17-19)35(33(47)39-29)41-27-7-3-1-5-23(27)31(45)43(35)21-11-13-22(14-12-21)44-32(46)24-6-2-4-8-28(24)42-36(44)26-18-20(38)10-16-30(26)40-34(36)48/h1-18,41-42H,(H,39,47)(H,40,48). The van der Waals surface area contributed by atoms with Crippen molar-refractivity contribution in [1.29, 1.82) is 0 Å². The van der Waals surface area contributed by atoms with Gasteiger partial charge >= 0.3 is 0 Å². The number of nitrogens with zero attached hydrogens (tertiary/aromatic N) is 2. The van der Waals surface area contributed by atoms with Crippen molar-refractivity contribution in [2.75, 3.05) is 31.1 Å². The Morgan fingerprint density at radius 1 is 0.479 bits per heavy atom. The summed E-state index contributed by atoms with van der Waals surface area (Å²) in [7, 11) is 0. The Morgan fingerprint density at radius 3 is 1.29 bits per heavy atom. The van der Waals surface area contributed by atoms with Gasteiger partial charge in [-0.25, -0.2) is 0 Å². The minimum Gasteiger partial charge on any atom is -0.350 e. The number of nitrogens with one attached hydrogen (secondary N) is 4. The molecule has 12 heteroatoms. The van der Waals surface area contributed by atoms with Gasteiger partial charge in [0.05, 0.1) is 11.1 Å². The van der Waals surface area contributed by atoms with Crippen molar-refractivity contribution < 1.29 is 19.2 Å². The van der Waals surface area contributed by atoms with Crippen LogP contribution in [0.4, 0.5) is 34.1 Å². The first kappa shape index (κ1) is 28.7. The summed E-state index contributed by atoms with van der Waals surface area (Å²) in [6.45, 7) is 0. The van der Waals surface area contributed by atoms with E-state index in [9.17, 15) is 19.2 Å². The molecular weight excluding hydrogens is 740 g/mol. The molecule has 234 valence electrons. The van der Waals surface area contributed by atoms with Crippen LogP contribution in [0.5, 0.6) is 0 Å². The number of fused-ring (bicyclic) bond motifs is 6. The van der Waals surface area contributed by atoms with Crippen molar-refractivity contribution in [2.24, 2.45) is 0 Å². The van der Waals surface area contributed by atoms with E-state index in [1.165, 1.54) is 9.80 Å². The number of carbonyl (C=O) groups excluding carboxylic acids is 4. The van der Waals surface area contributed by atoms with Crippen molar-refractivity contribution in [2.45, 2.75) is 11.3 Å². The van der Waals surface area contributed by atoms with Crippen molar-refractivity contribution in [3.8, 4) is 0 Å². The number of hydrogen-bond donors (Lipinski definition) is 4. The van der Waals surface area contributed by atoms with Crippen molar-refractivity contribution in [3.05, 3.63) is 140 Å². The van der Waals surface area contributed by atoms with Gasteiger partial charge in [-0.3, -0.25) is 29.0 Å². The van der Waals surface area contributed by atoms with E-state index >= 15 is 0 Å². The van der Waals surface area contributed by atoms with Crippen LogP contribution in [0.1, 0.15) is 31.8 Å². The fourth-order valence-electron chi connectivity index (χ4n) is 7.19. The van der Waals surface area contributed by atoms with Crippen molar-refractivity contribution in [3.63, 3.8) is 0 Å². The van der Waals surface area contributed by atoms with Gasteiger partial charge in [0.1, 0.15) is 0 Å². The molecule has 0 saturated heterocycles. The molecule has 0 saturated carbocycles. The molecule has 0 radical (unpaired) electrons. The van der Waals surface area contributed by atoms with Crippen LogP contribution < -0.4 is 31.1 Å². The van der Waals surface area contributed by atoms with Crippen LogP contribution in [0, 0.1) is 0 Å². The lowest BCUT2D eigenvalue weighted by Gasteiger charge is -2.45. The van der Waals surface area contributed by atoms with Gasteiger partial charge in [-0.1, -0.05) is 56.1 Å². The minimum absolute atomic E-state index is 0.380. The maximum atomic E-state index is 14.4. The van der Waals surface area contributed by atoms with E-state index < -0.39 is 23.1 Å². The van der Waals surface area contributed by atoms with Gasteiger partial charge in [-0.2, -0.15) is 0 Å². The zero-order valence-electron chi connectivity index (χ0n) is 24.7. The van der Waals surface area contributed by atoms with E-state index in [1.54, 1.807) is 84.9 Å². The second-order valence-electron chi connectivity index (χ2n) is 11.8. The molecule has 2 spiro atoms. The number of anilines is 6. The fourth-order valence-corrected chi connectivity index (χ4v) is 7.91. The number of hydrogen-bond acceptors (Lipinski definition) is 6. The Hall–Kier alpha value is -5.46. The second kappa shape index (κ2) is 10.0. The van der Waals surface area contributed by atoms with E-state index in [1.807, 2.05) is 24.3 Å². The largest absolute Gasteiger partial charge is 0.350 e. The van der Waals surface area contributed by atoms with Crippen LogP contribution in [0.25, 0.3) is 0 Å². The number of carbonyl (C=O) groups is 4. The summed E-state index contributed by atoms with van der Waals surface area (Å²) < 4.78 is 1.48. The highest BCUT2D eigenvalue weighted by atomic mass is 79.9. The molecule has 0 bridgehead atoms. The molecule has 4 N–H and O–H groups in total. The average Bonchev–Trinajstić information content (AvgIpc) is 3.50. The first-order valence-corrected chi connectivity index (χ1v) is 16.6. The van der Waals surface area contributed by atoms with Gasteiger partial charge in [0.25, 0.3) is 23.6 Å². The molecule has 4 amide bonds. The van der Waals surface area contributed by atoms with Gasteiger partial charge in [0.15, 0.2) is 0 Å². The van der Waals surface area contributed by atoms with E-state index in [2.05, 4.69) is 53.1 Å². The zero-order chi connectivity index (χ0) is 32.9. The number of halogens is 2. The molecule has 0 fully saturated rings. The number of amides is 4. The molecule has 5 aromatic carbocycles. The first-order valence-electron chi connectivity index (χ1n) is 15.0. The normalized spacial score (nSPS) is 21.6. The minimum atomic E-state index is -1.61. The lowest BCUT2D eigenvalue weighted by molar-refractivity contribution is -0.120. The van der Waals surface area contributed by atoms with Crippen LogP contribution in [0.3, 0.4) is 0 Å². The maximum absolute atomic E-state index is 14.4. The summed E-state index contributed by atoms with van der Waals surface area (Å²) in [5.74, 6) is -1.60. The van der Waals surface area contributed by atoms with E-state index in [0.717, 1.165) is 8.95 Å². The van der Waals surface area contributed by atoms with Gasteiger partial charge in [-0.05, 0) is 84.9 Å². The third-order valence-electron chi connectivity index (χ3n) is 9.29. The van der Waals surface area contributed by atoms with E-state index in [0.29, 0.717) is 56.4 Å². The molecule has 4 aliphatic rings. The highest BCUT2D eigenvalue weighted by molar-refractivity contribution is 9.10. The molecule has 0 aliphatic carbocycles. The van der Waals surface area contributed by atoms with E-state index in [-0.39, 0.29) is 11.8 Å². The molecule has 10 nitrogen and oxygen atoms in total. The van der Waals surface area contributed by atoms with Gasteiger partial charge in [0.2, 0.25) is 11.3 Å². The number of benzene rings is 5. The summed E-state index contributed by atoms with van der Waals surface area (Å²) in [6, 6.07) is 31.7. The predicted octanol–water partition coefficient (Wildman–Crippen LogP) is 6.97. The molecule has 9 rings (SSSR count).